The Kier molecular flexibility index (Phi) is 6.30. The Morgan fingerprint density at radius 3 is 2.30 bits per heavy atom. The van der Waals surface area contributed by atoms with E-state index in [1.165, 1.54) is 12.1 Å². The van der Waals surface area contributed by atoms with Crippen molar-refractivity contribution in [1.82, 2.24) is 0 Å². The zero-order valence-corrected chi connectivity index (χ0v) is 15.3. The van der Waals surface area contributed by atoms with Gasteiger partial charge >= 0.3 is 5.97 Å². The predicted molar refractivity (Wildman–Crippen MR) is 94.5 cm³/mol. The highest BCUT2D eigenvalue weighted by atomic mass is 79.9. The maximum absolute atomic E-state index is 11.9. The number of esters is 1. The highest BCUT2D eigenvalue weighted by molar-refractivity contribution is 9.10. The number of amides is 1. The SMILES string of the molecule is O=C(COC(=O)c1ccccc1Br)Nc1c(Cl)cc(Cl)cc1Cl. The minimum absolute atomic E-state index is 0.188. The Hall–Kier alpha value is -1.27. The molecule has 8 heteroatoms. The molecule has 0 saturated heterocycles. The molecule has 0 spiro atoms. The summed E-state index contributed by atoms with van der Waals surface area (Å²) in [4.78, 5) is 23.8. The molecular weight excluding hydrogens is 428 g/mol. The molecule has 1 amide bonds. The van der Waals surface area contributed by atoms with Crippen LogP contribution in [0.1, 0.15) is 10.4 Å². The van der Waals surface area contributed by atoms with Crippen LogP contribution in [0, 0.1) is 0 Å². The molecule has 0 heterocycles. The Morgan fingerprint density at radius 1 is 1.09 bits per heavy atom. The van der Waals surface area contributed by atoms with Crippen molar-refractivity contribution < 1.29 is 14.3 Å². The largest absolute Gasteiger partial charge is 0.452 e. The number of carbonyl (C=O) groups is 2. The number of anilines is 1. The second-order valence-electron chi connectivity index (χ2n) is 4.35. The van der Waals surface area contributed by atoms with E-state index in [9.17, 15) is 9.59 Å². The molecule has 0 fully saturated rings. The van der Waals surface area contributed by atoms with Crippen LogP contribution in [-0.2, 0) is 9.53 Å². The van der Waals surface area contributed by atoms with Crippen LogP contribution in [0.3, 0.4) is 0 Å². The topological polar surface area (TPSA) is 55.4 Å². The van der Waals surface area contributed by atoms with Gasteiger partial charge in [0.05, 0.1) is 21.3 Å². The summed E-state index contributed by atoms with van der Waals surface area (Å²) in [5, 5.41) is 3.20. The molecule has 0 radical (unpaired) electrons. The van der Waals surface area contributed by atoms with Crippen molar-refractivity contribution in [3.8, 4) is 0 Å². The number of hydrogen-bond donors (Lipinski definition) is 1. The van der Waals surface area contributed by atoms with Gasteiger partial charge in [-0.2, -0.15) is 0 Å². The summed E-state index contributed by atoms with van der Waals surface area (Å²) in [6, 6.07) is 9.61. The van der Waals surface area contributed by atoms with Crippen molar-refractivity contribution in [3.05, 3.63) is 61.5 Å². The number of ether oxygens (including phenoxy) is 1. The molecule has 2 aromatic rings. The van der Waals surface area contributed by atoms with E-state index in [4.69, 9.17) is 39.5 Å². The van der Waals surface area contributed by atoms with Crippen molar-refractivity contribution >= 4 is 68.3 Å². The number of hydrogen-bond acceptors (Lipinski definition) is 3. The van der Waals surface area contributed by atoms with Gasteiger partial charge in [0.1, 0.15) is 0 Å². The number of nitrogens with one attached hydrogen (secondary N) is 1. The summed E-state index contributed by atoms with van der Waals surface area (Å²) >= 11 is 20.9. The summed E-state index contributed by atoms with van der Waals surface area (Å²) in [6.45, 7) is -0.477. The average Bonchev–Trinajstić information content (AvgIpc) is 2.49. The molecule has 2 aromatic carbocycles. The average molecular weight is 438 g/mol. The summed E-state index contributed by atoms with van der Waals surface area (Å²) in [6.07, 6.45) is 0. The van der Waals surface area contributed by atoms with Gasteiger partial charge in [-0.25, -0.2) is 4.79 Å². The minimum atomic E-state index is -0.624. The first-order valence-electron chi connectivity index (χ1n) is 6.24. The monoisotopic (exact) mass is 435 g/mol. The molecule has 0 unspecified atom stereocenters. The van der Waals surface area contributed by atoms with Crippen LogP contribution < -0.4 is 5.32 Å². The predicted octanol–water partition coefficient (Wildman–Crippen LogP) is 5.20. The number of rotatable bonds is 4. The van der Waals surface area contributed by atoms with Gasteiger partial charge in [0.25, 0.3) is 5.91 Å². The van der Waals surface area contributed by atoms with Crippen LogP contribution in [-0.4, -0.2) is 18.5 Å². The van der Waals surface area contributed by atoms with E-state index in [0.29, 0.717) is 15.1 Å². The second kappa shape index (κ2) is 8.02. The van der Waals surface area contributed by atoms with E-state index in [0.717, 1.165) is 0 Å². The molecule has 0 atom stereocenters. The number of halogens is 4. The first kappa shape index (κ1) is 18.1. The summed E-state index contributed by atoms with van der Waals surface area (Å²) in [5.74, 6) is -1.20. The molecule has 0 aliphatic heterocycles. The standard InChI is InChI=1S/C15H9BrCl3NO3/c16-10-4-2-1-3-9(10)15(22)23-7-13(21)20-14-11(18)5-8(17)6-12(14)19/h1-6H,7H2,(H,20,21). The highest BCUT2D eigenvalue weighted by Crippen LogP contribution is 2.33. The van der Waals surface area contributed by atoms with Gasteiger partial charge in [-0.1, -0.05) is 46.9 Å². The van der Waals surface area contributed by atoms with Crippen LogP contribution in [0.15, 0.2) is 40.9 Å². The Labute approximate surface area is 155 Å². The summed E-state index contributed by atoms with van der Waals surface area (Å²) in [5.41, 5.74) is 0.530. The fraction of sp³-hybridized carbons (Fsp3) is 0.0667. The van der Waals surface area contributed by atoms with Crippen LogP contribution >= 0.6 is 50.7 Å². The third-order valence-electron chi connectivity index (χ3n) is 2.70. The van der Waals surface area contributed by atoms with E-state index < -0.39 is 18.5 Å². The smallest absolute Gasteiger partial charge is 0.339 e. The summed E-state index contributed by atoms with van der Waals surface area (Å²) in [7, 11) is 0. The van der Waals surface area contributed by atoms with Crippen LogP contribution in [0.4, 0.5) is 5.69 Å². The van der Waals surface area contributed by atoms with Gasteiger partial charge in [-0.3, -0.25) is 4.79 Å². The summed E-state index contributed by atoms with van der Waals surface area (Å²) < 4.78 is 5.53. The van der Waals surface area contributed by atoms with E-state index >= 15 is 0 Å². The number of benzene rings is 2. The van der Waals surface area contributed by atoms with E-state index in [1.54, 1.807) is 24.3 Å². The quantitative estimate of drug-likeness (QED) is 0.669. The van der Waals surface area contributed by atoms with E-state index in [-0.39, 0.29) is 15.7 Å². The van der Waals surface area contributed by atoms with Gasteiger partial charge in [-0.15, -0.1) is 0 Å². The second-order valence-corrected chi connectivity index (χ2v) is 6.45. The molecule has 0 aromatic heterocycles. The third kappa shape index (κ3) is 4.85. The Bertz CT molecular complexity index is 744. The molecule has 0 aliphatic carbocycles. The molecule has 4 nitrogen and oxygen atoms in total. The lowest BCUT2D eigenvalue weighted by molar-refractivity contribution is -0.119. The van der Waals surface area contributed by atoms with Gasteiger partial charge in [-0.05, 0) is 40.2 Å². The lowest BCUT2D eigenvalue weighted by Gasteiger charge is -2.10. The first-order chi connectivity index (χ1) is 10.9. The first-order valence-corrected chi connectivity index (χ1v) is 8.17. The van der Waals surface area contributed by atoms with E-state index in [2.05, 4.69) is 21.2 Å². The third-order valence-corrected chi connectivity index (χ3v) is 4.21. The molecule has 0 saturated carbocycles. The highest BCUT2D eigenvalue weighted by Gasteiger charge is 2.15. The normalized spacial score (nSPS) is 10.3. The van der Waals surface area contributed by atoms with Crippen molar-refractivity contribution in [2.24, 2.45) is 0 Å². The molecule has 120 valence electrons. The number of carbonyl (C=O) groups excluding carboxylic acids is 2. The molecule has 23 heavy (non-hydrogen) atoms. The Balaban J connectivity index is 1.99. The molecule has 0 bridgehead atoms. The van der Waals surface area contributed by atoms with Crippen molar-refractivity contribution in [3.63, 3.8) is 0 Å². The van der Waals surface area contributed by atoms with Gasteiger partial charge in [0.15, 0.2) is 6.61 Å². The fourth-order valence-electron chi connectivity index (χ4n) is 1.67. The van der Waals surface area contributed by atoms with Gasteiger partial charge in [0, 0.05) is 9.50 Å². The molecule has 0 aliphatic rings. The maximum atomic E-state index is 11.9. The van der Waals surface area contributed by atoms with Crippen molar-refractivity contribution in [2.75, 3.05) is 11.9 Å². The van der Waals surface area contributed by atoms with Crippen LogP contribution in [0.2, 0.25) is 15.1 Å². The van der Waals surface area contributed by atoms with E-state index in [1.807, 2.05) is 0 Å². The lowest BCUT2D eigenvalue weighted by Crippen LogP contribution is -2.21. The zero-order chi connectivity index (χ0) is 17.0. The molecule has 2 rings (SSSR count). The Morgan fingerprint density at radius 2 is 1.70 bits per heavy atom. The van der Waals surface area contributed by atoms with Crippen molar-refractivity contribution in [2.45, 2.75) is 0 Å². The van der Waals surface area contributed by atoms with Gasteiger partial charge < -0.3 is 10.1 Å². The lowest BCUT2D eigenvalue weighted by atomic mass is 10.2. The molecule has 1 N–H and O–H groups in total. The van der Waals surface area contributed by atoms with Crippen LogP contribution in [0.5, 0.6) is 0 Å². The van der Waals surface area contributed by atoms with Crippen LogP contribution in [0.25, 0.3) is 0 Å². The maximum Gasteiger partial charge on any atom is 0.339 e. The van der Waals surface area contributed by atoms with Gasteiger partial charge in [0.2, 0.25) is 0 Å². The zero-order valence-electron chi connectivity index (χ0n) is 11.4. The van der Waals surface area contributed by atoms with Crippen molar-refractivity contribution in [1.29, 1.82) is 0 Å². The fourth-order valence-corrected chi connectivity index (χ4v) is 3.03. The molecular formula is C15H9BrCl3NO3. The minimum Gasteiger partial charge on any atom is -0.452 e.